The molecule has 6 N–H and O–H groups in total. The minimum Gasteiger partial charge on any atom is -0.338 e. The summed E-state index contributed by atoms with van der Waals surface area (Å²) in [6.07, 6.45) is 11.1. The maximum absolute atomic E-state index is 12.7. The Hall–Kier alpha value is -2.47. The van der Waals surface area contributed by atoms with E-state index in [-0.39, 0.29) is 30.2 Å². The number of hydrogen-bond donors (Lipinski definition) is 4. The molecule has 0 radical (unpaired) electrons. The van der Waals surface area contributed by atoms with Crippen molar-refractivity contribution in [1.29, 1.82) is 0 Å². The second-order valence-electron chi connectivity index (χ2n) is 11.3. The van der Waals surface area contributed by atoms with Crippen molar-refractivity contribution >= 4 is 35.9 Å². The van der Waals surface area contributed by atoms with Crippen molar-refractivity contribution < 1.29 is 9.59 Å². The number of amides is 3. The zero-order valence-electron chi connectivity index (χ0n) is 22.5. The highest BCUT2D eigenvalue weighted by atomic mass is 35.5. The van der Waals surface area contributed by atoms with Crippen molar-refractivity contribution in [3.05, 3.63) is 28.8 Å². The van der Waals surface area contributed by atoms with E-state index in [9.17, 15) is 14.4 Å². The highest BCUT2D eigenvalue weighted by molar-refractivity contribution is 5.89. The van der Waals surface area contributed by atoms with Gasteiger partial charge in [0.05, 0.1) is 5.54 Å². The Morgan fingerprint density at radius 1 is 1.08 bits per heavy atom. The number of urea groups is 1. The molecular weight excluding hydrogens is 508 g/mol. The van der Waals surface area contributed by atoms with Gasteiger partial charge in [-0.25, -0.2) is 9.59 Å². The fraction of sp³-hybridized carbons (Fsp3) is 0.692. The van der Waals surface area contributed by atoms with Crippen LogP contribution in [-0.4, -0.2) is 81.6 Å². The molecule has 12 heteroatoms. The van der Waals surface area contributed by atoms with E-state index in [1.807, 2.05) is 0 Å². The Balaban J connectivity index is 0.00000400. The van der Waals surface area contributed by atoms with Crippen LogP contribution < -0.4 is 27.8 Å². The minimum atomic E-state index is -0.937. The van der Waals surface area contributed by atoms with Gasteiger partial charge in [-0.1, -0.05) is 6.08 Å². The molecule has 1 saturated carbocycles. The van der Waals surface area contributed by atoms with Crippen LogP contribution >= 0.6 is 12.4 Å². The van der Waals surface area contributed by atoms with Gasteiger partial charge in [-0.2, -0.15) is 4.98 Å². The first-order valence-corrected chi connectivity index (χ1v) is 13.5. The normalized spacial score (nSPS) is 24.3. The zero-order valence-corrected chi connectivity index (χ0v) is 23.3. The third-order valence-corrected chi connectivity index (χ3v) is 7.72. The number of allylic oxidation sites excluding steroid dienone is 2. The highest BCUT2D eigenvalue weighted by Gasteiger charge is 2.31. The van der Waals surface area contributed by atoms with Gasteiger partial charge in [0.1, 0.15) is 5.82 Å². The summed E-state index contributed by atoms with van der Waals surface area (Å²) in [5.74, 6) is 0.652. The summed E-state index contributed by atoms with van der Waals surface area (Å²) in [5.41, 5.74) is 11.5. The van der Waals surface area contributed by atoms with Crippen LogP contribution in [0.4, 0.5) is 10.6 Å². The van der Waals surface area contributed by atoms with Gasteiger partial charge >= 0.3 is 11.7 Å². The maximum atomic E-state index is 12.7. The number of nitrogens with zero attached hydrogens (tertiary/aromatic N) is 4. The second kappa shape index (κ2) is 13.1. The summed E-state index contributed by atoms with van der Waals surface area (Å²) in [6, 6.07) is 2.25. The van der Waals surface area contributed by atoms with E-state index in [1.165, 1.54) is 0 Å². The van der Waals surface area contributed by atoms with Crippen LogP contribution in [0.3, 0.4) is 0 Å². The molecule has 2 aliphatic carbocycles. The number of nitrogens with two attached hydrogens (primary N) is 2. The summed E-state index contributed by atoms with van der Waals surface area (Å²) >= 11 is 0. The second-order valence-corrected chi connectivity index (χ2v) is 11.3. The molecule has 0 bridgehead atoms. The Kier molecular flexibility index (Phi) is 10.3. The lowest BCUT2D eigenvalue weighted by molar-refractivity contribution is -0.137. The number of rotatable bonds is 6. The van der Waals surface area contributed by atoms with Gasteiger partial charge in [0, 0.05) is 50.2 Å². The van der Waals surface area contributed by atoms with Crippen molar-refractivity contribution in [3.63, 3.8) is 0 Å². The predicted molar refractivity (Wildman–Crippen MR) is 151 cm³/mol. The fourth-order valence-electron chi connectivity index (χ4n) is 5.34. The van der Waals surface area contributed by atoms with Gasteiger partial charge in [0.2, 0.25) is 5.91 Å². The Bertz CT molecular complexity index is 1050. The molecule has 212 valence electrons. The molecule has 1 aromatic rings. The molecule has 2 fully saturated rings. The Morgan fingerprint density at radius 3 is 2.32 bits per heavy atom. The monoisotopic (exact) mass is 550 g/mol. The van der Waals surface area contributed by atoms with Gasteiger partial charge < -0.3 is 26.6 Å². The Morgan fingerprint density at radius 2 is 1.74 bits per heavy atom. The van der Waals surface area contributed by atoms with Gasteiger partial charge in [-0.15, -0.1) is 12.4 Å². The van der Waals surface area contributed by atoms with E-state index < -0.39 is 11.2 Å². The van der Waals surface area contributed by atoms with E-state index in [4.69, 9.17) is 11.5 Å². The van der Waals surface area contributed by atoms with Crippen molar-refractivity contribution in [2.75, 3.05) is 38.0 Å². The average Bonchev–Trinajstić information content (AvgIpc) is 2.88. The summed E-state index contributed by atoms with van der Waals surface area (Å²) in [7, 11) is 0. The number of aromatic nitrogens is 2. The molecule has 3 aliphatic rings. The van der Waals surface area contributed by atoms with Crippen LogP contribution in [0.25, 0.3) is 5.70 Å². The number of nitrogens with one attached hydrogen (secondary N) is 2. The van der Waals surface area contributed by atoms with E-state index in [2.05, 4.69) is 21.7 Å². The number of anilines is 1. The molecule has 38 heavy (non-hydrogen) atoms. The van der Waals surface area contributed by atoms with Crippen LogP contribution in [-0.2, 0) is 4.79 Å². The van der Waals surface area contributed by atoms with E-state index in [0.717, 1.165) is 57.2 Å². The van der Waals surface area contributed by atoms with Crippen molar-refractivity contribution in [1.82, 2.24) is 24.7 Å². The third-order valence-electron chi connectivity index (χ3n) is 7.72. The van der Waals surface area contributed by atoms with Crippen LogP contribution in [0.1, 0.15) is 58.8 Å². The quantitative estimate of drug-likeness (QED) is 0.419. The third kappa shape index (κ3) is 7.78. The number of hydrogen-bond acceptors (Lipinski definition) is 7. The molecule has 3 amide bonds. The van der Waals surface area contributed by atoms with E-state index in [0.29, 0.717) is 44.2 Å². The first-order chi connectivity index (χ1) is 17.6. The van der Waals surface area contributed by atoms with Crippen LogP contribution in [0.5, 0.6) is 0 Å². The number of piperazine rings is 1. The lowest BCUT2D eigenvalue weighted by Crippen LogP contribution is -2.58. The zero-order chi connectivity index (χ0) is 26.6. The molecule has 1 aromatic heterocycles. The van der Waals surface area contributed by atoms with Crippen molar-refractivity contribution in [2.24, 2.45) is 17.4 Å². The molecule has 1 aliphatic heterocycles. The SMILES string of the molecule is CC(C)(N)C(=O)N1CCN(C(=O)Nc2ccn(C3=CCC(CN[C@H]4CC[C@H](N)CC4)CC3)c(=O)n2)CC1.Cl. The average molecular weight is 551 g/mol. The number of carbonyl (C=O) groups excluding carboxylic acids is 2. The van der Waals surface area contributed by atoms with Gasteiger partial charge in [-0.3, -0.25) is 14.7 Å². The topological polar surface area (TPSA) is 152 Å². The lowest BCUT2D eigenvalue weighted by Gasteiger charge is -2.37. The lowest BCUT2D eigenvalue weighted by atomic mass is 9.89. The Labute approximate surface area is 230 Å². The summed E-state index contributed by atoms with van der Waals surface area (Å²) in [5, 5.41) is 6.42. The predicted octanol–water partition coefficient (Wildman–Crippen LogP) is 1.58. The highest BCUT2D eigenvalue weighted by Crippen LogP contribution is 2.26. The van der Waals surface area contributed by atoms with Crippen LogP contribution in [0.2, 0.25) is 0 Å². The maximum Gasteiger partial charge on any atom is 0.353 e. The molecule has 1 saturated heterocycles. The minimum absolute atomic E-state index is 0. The smallest absolute Gasteiger partial charge is 0.338 e. The molecule has 1 atom stereocenters. The summed E-state index contributed by atoms with van der Waals surface area (Å²) < 4.78 is 1.57. The van der Waals surface area contributed by atoms with Gasteiger partial charge in [0.15, 0.2) is 0 Å². The van der Waals surface area contributed by atoms with Crippen LogP contribution in [0.15, 0.2) is 23.1 Å². The first kappa shape index (κ1) is 30.1. The molecule has 0 aromatic carbocycles. The molecule has 2 heterocycles. The van der Waals surface area contributed by atoms with Crippen molar-refractivity contribution in [2.45, 2.75) is 76.4 Å². The summed E-state index contributed by atoms with van der Waals surface area (Å²) in [4.78, 5) is 45.1. The summed E-state index contributed by atoms with van der Waals surface area (Å²) in [6.45, 7) is 5.97. The van der Waals surface area contributed by atoms with Gasteiger partial charge in [-0.05, 0) is 77.3 Å². The standard InChI is InChI=1S/C26H42N8O3.ClH/c1-26(2,28)23(35)32-13-15-33(16-14-32)24(36)30-22-11-12-34(25(37)31-22)21-9-3-18(4-10-21)17-29-20-7-5-19(27)6-8-20;/h9,11-12,18-20,29H,3-8,10,13-17,27-28H2,1-2H3,(H,30,31,36,37);1H/t18?,19-,20-;. The van der Waals surface area contributed by atoms with Crippen molar-refractivity contribution in [3.8, 4) is 0 Å². The van der Waals surface area contributed by atoms with E-state index >= 15 is 0 Å². The number of carbonyl (C=O) groups is 2. The molecular formula is C26H43ClN8O3. The molecule has 11 nitrogen and oxygen atoms in total. The molecule has 4 rings (SSSR count). The molecule has 0 spiro atoms. The first-order valence-electron chi connectivity index (χ1n) is 13.5. The van der Waals surface area contributed by atoms with Crippen LogP contribution in [0, 0.1) is 5.92 Å². The number of halogens is 1. The largest absolute Gasteiger partial charge is 0.353 e. The van der Waals surface area contributed by atoms with E-state index in [1.54, 1.807) is 40.5 Å². The fourth-order valence-corrected chi connectivity index (χ4v) is 5.34. The molecule has 1 unspecified atom stereocenters. The van der Waals surface area contributed by atoms with Gasteiger partial charge in [0.25, 0.3) is 0 Å².